The quantitative estimate of drug-likeness (QED) is 0.0229. The molecule has 84 heavy (non-hydrogen) atoms. The molecule has 32 heteroatoms. The van der Waals surface area contributed by atoms with E-state index in [1.807, 2.05) is 0 Å². The van der Waals surface area contributed by atoms with Crippen molar-refractivity contribution in [1.29, 1.82) is 0 Å². The lowest BCUT2D eigenvalue weighted by molar-refractivity contribution is -0.182. The molecular weight excluding hydrogens is 1140 g/mol. The molecule has 12 atom stereocenters. The Labute approximate surface area is 486 Å². The Morgan fingerprint density at radius 3 is 0.583 bits per heavy atom. The summed E-state index contributed by atoms with van der Waals surface area (Å²) in [6.45, 7) is 8.89. The van der Waals surface area contributed by atoms with Gasteiger partial charge < -0.3 is 126 Å². The molecule has 0 spiro atoms. The maximum atomic E-state index is 11.7. The number of hydrogen-bond donors (Lipinski definition) is 8. The highest BCUT2D eigenvalue weighted by atomic mass is 16.8. The predicted octanol–water partition coefficient (Wildman–Crippen LogP) is -1.56. The van der Waals surface area contributed by atoms with Gasteiger partial charge in [-0.2, -0.15) is 0 Å². The van der Waals surface area contributed by atoms with Gasteiger partial charge in [0.25, 0.3) is 0 Å². The van der Waals surface area contributed by atoms with E-state index in [-0.39, 0.29) is 142 Å². The molecule has 12 unspecified atom stereocenters. The van der Waals surface area contributed by atoms with Gasteiger partial charge in [0.15, 0.2) is 48.3 Å². The number of carbonyl (C=O) groups excluding carboxylic acids is 6. The molecule has 488 valence electrons. The van der Waals surface area contributed by atoms with E-state index in [0.717, 1.165) is 0 Å². The van der Waals surface area contributed by atoms with E-state index in [2.05, 4.69) is 9.47 Å². The smallest absolute Gasteiger partial charge is 0.308 e. The minimum absolute atomic E-state index is 0.0223. The van der Waals surface area contributed by atoms with Crippen LogP contribution in [0.1, 0.15) is 119 Å². The highest BCUT2D eigenvalue weighted by Crippen LogP contribution is 2.33. The molecule has 0 bridgehead atoms. The summed E-state index contributed by atoms with van der Waals surface area (Å²) in [5, 5.41) is 70.4. The molecule has 6 fully saturated rings. The van der Waals surface area contributed by atoms with Crippen molar-refractivity contribution in [3.63, 3.8) is 0 Å². The standard InChI is InChI=1S/2C17H28O10.2C9H16O6/c2*1-16(24-9-12(7-18)26-16)5-3-14(20)22-11-23-15(21)4-6-17(2)25-10-13(8-19)27-17;2*1-9(3-2-8(12)13-6-11)14-5-7(4-10)15-9/h2*12-13,18-19H,3-11H2,1-2H3;2*7,10-11H,2-6H2,1H3. The highest BCUT2D eigenvalue weighted by Gasteiger charge is 2.42. The van der Waals surface area contributed by atoms with Crippen LogP contribution >= 0.6 is 0 Å². The maximum absolute atomic E-state index is 11.7. The number of hydrogen-bond acceptors (Lipinski definition) is 32. The second-order valence-electron chi connectivity index (χ2n) is 20.8. The van der Waals surface area contributed by atoms with Crippen molar-refractivity contribution in [2.75, 3.05) is 106 Å². The van der Waals surface area contributed by atoms with Crippen LogP contribution in [0.5, 0.6) is 0 Å². The molecule has 8 N–H and O–H groups in total. The van der Waals surface area contributed by atoms with Crippen molar-refractivity contribution in [2.45, 2.75) is 190 Å². The fraction of sp³-hybridized carbons (Fsp3) is 0.885. The molecule has 6 rings (SSSR count). The van der Waals surface area contributed by atoms with Crippen molar-refractivity contribution in [3.05, 3.63) is 0 Å². The summed E-state index contributed by atoms with van der Waals surface area (Å²) in [5.41, 5.74) is 0. The molecule has 0 radical (unpaired) electrons. The summed E-state index contributed by atoms with van der Waals surface area (Å²) >= 11 is 0. The van der Waals surface area contributed by atoms with Crippen LogP contribution in [0.15, 0.2) is 0 Å². The molecule has 6 saturated heterocycles. The molecule has 0 aliphatic carbocycles. The average Bonchev–Trinajstić information content (AvgIpc) is 4.51. The number of carbonyl (C=O) groups is 6. The largest absolute Gasteiger partial charge is 0.439 e. The number of ether oxygens (including phenoxy) is 18. The van der Waals surface area contributed by atoms with E-state index in [9.17, 15) is 28.8 Å². The molecule has 6 aliphatic heterocycles. The van der Waals surface area contributed by atoms with Crippen molar-refractivity contribution >= 4 is 35.8 Å². The summed E-state index contributed by atoms with van der Waals surface area (Å²) in [7, 11) is 0. The normalized spacial score (nSPS) is 32.2. The molecule has 6 aliphatic rings. The summed E-state index contributed by atoms with van der Waals surface area (Å²) in [5.74, 6) is -8.65. The topological polar surface area (TPSA) is 430 Å². The summed E-state index contributed by atoms with van der Waals surface area (Å²) in [4.78, 5) is 68.8. The lowest BCUT2D eigenvalue weighted by Gasteiger charge is -2.22. The summed E-state index contributed by atoms with van der Waals surface area (Å²) < 4.78 is 93.3. The predicted molar refractivity (Wildman–Crippen MR) is 274 cm³/mol. The van der Waals surface area contributed by atoms with Gasteiger partial charge in [-0.25, -0.2) is 0 Å². The zero-order chi connectivity index (χ0) is 62.5. The zero-order valence-corrected chi connectivity index (χ0v) is 48.6. The number of esters is 6. The second-order valence-corrected chi connectivity index (χ2v) is 20.8. The lowest BCUT2D eigenvalue weighted by atomic mass is 10.1. The van der Waals surface area contributed by atoms with Crippen LogP contribution in [-0.2, 0) is 114 Å². The van der Waals surface area contributed by atoms with Crippen LogP contribution in [-0.4, -0.2) is 254 Å². The molecular formula is C52H88O32. The van der Waals surface area contributed by atoms with Crippen molar-refractivity contribution < 1.29 is 155 Å². The number of aliphatic hydroxyl groups is 8. The van der Waals surface area contributed by atoms with Gasteiger partial charge >= 0.3 is 35.8 Å². The van der Waals surface area contributed by atoms with Gasteiger partial charge in [-0.3, -0.25) is 28.8 Å². The van der Waals surface area contributed by atoms with Crippen LogP contribution < -0.4 is 0 Å². The Balaban J connectivity index is 0.000000305. The van der Waals surface area contributed by atoms with Gasteiger partial charge in [0.05, 0.1) is 118 Å². The van der Waals surface area contributed by atoms with Gasteiger partial charge in [-0.1, -0.05) is 0 Å². The lowest BCUT2D eigenvalue weighted by Crippen LogP contribution is -2.29. The minimum atomic E-state index is -0.938. The van der Waals surface area contributed by atoms with Gasteiger partial charge in [-0.05, 0) is 41.5 Å². The molecule has 0 aromatic rings. The van der Waals surface area contributed by atoms with Crippen LogP contribution in [0.4, 0.5) is 0 Å². The average molecular weight is 1230 g/mol. The fourth-order valence-corrected chi connectivity index (χ4v) is 8.34. The molecule has 0 aromatic heterocycles. The van der Waals surface area contributed by atoms with Crippen LogP contribution in [0.2, 0.25) is 0 Å². The van der Waals surface area contributed by atoms with Crippen molar-refractivity contribution in [2.24, 2.45) is 0 Å². The van der Waals surface area contributed by atoms with E-state index < -0.39 is 122 Å². The first-order valence-corrected chi connectivity index (χ1v) is 27.4. The zero-order valence-electron chi connectivity index (χ0n) is 48.6. The first-order chi connectivity index (χ1) is 39.7. The Bertz CT molecular complexity index is 1760. The van der Waals surface area contributed by atoms with Crippen molar-refractivity contribution in [1.82, 2.24) is 0 Å². The van der Waals surface area contributed by atoms with E-state index in [4.69, 9.17) is 117 Å². The Kier molecular flexibility index (Phi) is 32.7. The summed E-state index contributed by atoms with van der Waals surface area (Å²) in [6, 6.07) is 0. The van der Waals surface area contributed by atoms with Crippen molar-refractivity contribution in [3.8, 4) is 0 Å². The van der Waals surface area contributed by atoms with Crippen LogP contribution in [0.3, 0.4) is 0 Å². The van der Waals surface area contributed by atoms with Crippen LogP contribution in [0, 0.1) is 0 Å². The van der Waals surface area contributed by atoms with Gasteiger partial charge in [0, 0.05) is 38.5 Å². The van der Waals surface area contributed by atoms with E-state index >= 15 is 0 Å². The molecule has 6 heterocycles. The highest BCUT2D eigenvalue weighted by molar-refractivity contribution is 5.72. The Morgan fingerprint density at radius 1 is 0.298 bits per heavy atom. The monoisotopic (exact) mass is 1220 g/mol. The minimum Gasteiger partial charge on any atom is -0.439 e. The maximum Gasteiger partial charge on any atom is 0.308 e. The first-order valence-electron chi connectivity index (χ1n) is 27.4. The third-order valence-electron chi connectivity index (χ3n) is 13.2. The molecule has 0 saturated carbocycles. The third kappa shape index (κ3) is 28.2. The second kappa shape index (κ2) is 37.0. The van der Waals surface area contributed by atoms with E-state index in [1.54, 1.807) is 41.5 Å². The third-order valence-corrected chi connectivity index (χ3v) is 13.2. The Hall–Kier alpha value is -3.98. The van der Waals surface area contributed by atoms with E-state index in [0.29, 0.717) is 26.1 Å². The SMILES string of the molecule is CC1(CCC(=O)OCO)OCC(CO)O1.CC1(CCC(=O)OCO)OCC(CO)O1.CC1(CCC(=O)OCOC(=O)CCC2(C)OCC(CO)O2)OCC(CO)O1.CC1(CCC(=O)OCOC(=O)CCC2(C)OCC(CO)O2)OCC(CO)O1. The first kappa shape index (κ1) is 74.3. The van der Waals surface area contributed by atoms with Gasteiger partial charge in [0.1, 0.15) is 36.6 Å². The molecule has 0 aromatic carbocycles. The number of rotatable bonds is 30. The van der Waals surface area contributed by atoms with Gasteiger partial charge in [-0.15, -0.1) is 0 Å². The van der Waals surface area contributed by atoms with Gasteiger partial charge in [0.2, 0.25) is 13.6 Å². The molecule has 0 amide bonds. The van der Waals surface area contributed by atoms with Crippen LogP contribution in [0.25, 0.3) is 0 Å². The fourth-order valence-electron chi connectivity index (χ4n) is 8.34. The number of aliphatic hydroxyl groups excluding tert-OH is 8. The Morgan fingerprint density at radius 2 is 0.452 bits per heavy atom. The molecule has 32 nitrogen and oxygen atoms in total. The summed E-state index contributed by atoms with van der Waals surface area (Å²) in [6.07, 6.45) is -0.226. The van der Waals surface area contributed by atoms with E-state index in [1.165, 1.54) is 0 Å².